The fraction of sp³-hybridized carbons (Fsp3) is 0.115. The number of benzene rings is 3. The monoisotopic (exact) mass is 441 g/mol. The summed E-state index contributed by atoms with van der Waals surface area (Å²) < 4.78 is 22.1. The van der Waals surface area contributed by atoms with Crippen LogP contribution in [0.3, 0.4) is 0 Å². The SMILES string of the molecule is CCOC(=O)Cc1cc(=O)oc2cc3oc(-c4ccc(Oc5ccccc5)cc4)nc3cc12. The second-order valence-corrected chi connectivity index (χ2v) is 7.35. The van der Waals surface area contributed by atoms with Crippen LogP contribution in [0.25, 0.3) is 33.5 Å². The summed E-state index contributed by atoms with van der Waals surface area (Å²) >= 11 is 0. The van der Waals surface area contributed by atoms with Gasteiger partial charge < -0.3 is 18.3 Å². The molecule has 164 valence electrons. The first-order valence-electron chi connectivity index (χ1n) is 10.5. The van der Waals surface area contributed by atoms with Crippen LogP contribution in [0.15, 0.2) is 86.4 Å². The molecule has 3 aromatic carbocycles. The Labute approximate surface area is 188 Å². The van der Waals surface area contributed by atoms with Crippen molar-refractivity contribution in [1.29, 1.82) is 0 Å². The molecule has 0 N–H and O–H groups in total. The molecular weight excluding hydrogens is 422 g/mol. The molecule has 0 spiro atoms. The summed E-state index contributed by atoms with van der Waals surface area (Å²) in [7, 11) is 0. The smallest absolute Gasteiger partial charge is 0.336 e. The summed E-state index contributed by atoms with van der Waals surface area (Å²) in [5.74, 6) is 1.44. The van der Waals surface area contributed by atoms with Crippen LogP contribution in [0.2, 0.25) is 0 Å². The van der Waals surface area contributed by atoms with Crippen molar-refractivity contribution in [3.05, 3.63) is 88.8 Å². The molecule has 33 heavy (non-hydrogen) atoms. The summed E-state index contributed by atoms with van der Waals surface area (Å²) in [6.07, 6.45) is -0.0327. The van der Waals surface area contributed by atoms with Gasteiger partial charge in [-0.25, -0.2) is 9.78 Å². The zero-order valence-corrected chi connectivity index (χ0v) is 17.7. The molecule has 7 heteroatoms. The van der Waals surface area contributed by atoms with Crippen molar-refractivity contribution in [3.8, 4) is 23.0 Å². The Morgan fingerprint density at radius 3 is 2.42 bits per heavy atom. The average Bonchev–Trinajstić information content (AvgIpc) is 3.22. The standard InChI is InChI=1S/C26H19NO6/c1-2-30-24(28)12-17-13-25(29)32-22-15-23-21(14-20(17)22)27-26(33-23)16-8-10-19(11-9-16)31-18-6-4-3-5-7-18/h3-11,13-15H,2,12H2,1H3. The maximum Gasteiger partial charge on any atom is 0.336 e. The van der Waals surface area contributed by atoms with Crippen LogP contribution >= 0.6 is 0 Å². The van der Waals surface area contributed by atoms with E-state index in [1.165, 1.54) is 6.07 Å². The van der Waals surface area contributed by atoms with E-state index in [4.69, 9.17) is 18.3 Å². The first-order valence-corrected chi connectivity index (χ1v) is 10.5. The second kappa shape index (κ2) is 8.63. The van der Waals surface area contributed by atoms with Gasteiger partial charge in [-0.15, -0.1) is 0 Å². The first kappa shape index (κ1) is 20.5. The van der Waals surface area contributed by atoms with Gasteiger partial charge in [0.25, 0.3) is 0 Å². The van der Waals surface area contributed by atoms with Gasteiger partial charge in [0.05, 0.1) is 13.0 Å². The molecule has 5 aromatic rings. The molecule has 0 fully saturated rings. The predicted molar refractivity (Wildman–Crippen MR) is 122 cm³/mol. The minimum atomic E-state index is -0.546. The number of rotatable bonds is 6. The Kier molecular flexibility index (Phi) is 5.36. The molecule has 0 bridgehead atoms. The maximum absolute atomic E-state index is 12.0. The number of carbonyl (C=O) groups is 1. The van der Waals surface area contributed by atoms with Gasteiger partial charge >= 0.3 is 11.6 Å². The average molecular weight is 441 g/mol. The van der Waals surface area contributed by atoms with Crippen LogP contribution in [-0.4, -0.2) is 17.6 Å². The van der Waals surface area contributed by atoms with Crippen LogP contribution in [0.4, 0.5) is 0 Å². The van der Waals surface area contributed by atoms with Crippen LogP contribution in [0, 0.1) is 0 Å². The number of ether oxygens (including phenoxy) is 2. The van der Waals surface area contributed by atoms with E-state index in [1.54, 1.807) is 19.1 Å². The highest BCUT2D eigenvalue weighted by atomic mass is 16.5. The van der Waals surface area contributed by atoms with Crippen molar-refractivity contribution < 1.29 is 23.1 Å². The number of hydrogen-bond acceptors (Lipinski definition) is 7. The predicted octanol–water partition coefficient (Wildman–Crippen LogP) is 5.50. The Bertz CT molecular complexity index is 1500. The molecule has 0 unspecified atom stereocenters. The van der Waals surface area contributed by atoms with Gasteiger partial charge in [-0.2, -0.15) is 0 Å². The molecule has 2 heterocycles. The van der Waals surface area contributed by atoms with Crippen LogP contribution in [0.1, 0.15) is 12.5 Å². The lowest BCUT2D eigenvalue weighted by Crippen LogP contribution is -2.10. The van der Waals surface area contributed by atoms with Gasteiger partial charge in [0, 0.05) is 23.1 Å². The fourth-order valence-corrected chi connectivity index (χ4v) is 3.58. The van der Waals surface area contributed by atoms with Crippen molar-refractivity contribution >= 4 is 28.0 Å². The summed E-state index contributed by atoms with van der Waals surface area (Å²) in [5.41, 5.74) is 2.12. The third-order valence-corrected chi connectivity index (χ3v) is 5.06. The van der Waals surface area contributed by atoms with Crippen molar-refractivity contribution in [1.82, 2.24) is 4.98 Å². The lowest BCUT2D eigenvalue weighted by molar-refractivity contribution is -0.142. The molecule has 0 aliphatic heterocycles. The highest BCUT2D eigenvalue weighted by Gasteiger charge is 2.15. The lowest BCUT2D eigenvalue weighted by atomic mass is 10.1. The zero-order valence-electron chi connectivity index (χ0n) is 17.7. The molecule has 7 nitrogen and oxygen atoms in total. The van der Waals surface area contributed by atoms with Gasteiger partial charge in [-0.05, 0) is 55.0 Å². The highest BCUT2D eigenvalue weighted by Crippen LogP contribution is 2.30. The van der Waals surface area contributed by atoms with E-state index in [9.17, 15) is 9.59 Å². The third-order valence-electron chi connectivity index (χ3n) is 5.06. The maximum atomic E-state index is 12.0. The third kappa shape index (κ3) is 4.34. The van der Waals surface area contributed by atoms with Gasteiger partial charge in [-0.1, -0.05) is 18.2 Å². The molecule has 5 rings (SSSR count). The number of para-hydroxylation sites is 1. The minimum Gasteiger partial charge on any atom is -0.466 e. The number of nitrogens with zero attached hydrogens (tertiary/aromatic N) is 1. The topological polar surface area (TPSA) is 91.8 Å². The summed E-state index contributed by atoms with van der Waals surface area (Å²) in [4.78, 5) is 28.5. The van der Waals surface area contributed by atoms with E-state index >= 15 is 0 Å². The molecule has 0 saturated heterocycles. The van der Waals surface area contributed by atoms with Crippen LogP contribution in [-0.2, 0) is 16.0 Å². The van der Waals surface area contributed by atoms with Gasteiger partial charge in [0.2, 0.25) is 5.89 Å². The van der Waals surface area contributed by atoms with Crippen molar-refractivity contribution in [3.63, 3.8) is 0 Å². The summed E-state index contributed by atoms with van der Waals surface area (Å²) in [5, 5.41) is 0.613. The Morgan fingerprint density at radius 2 is 1.67 bits per heavy atom. The molecule has 0 saturated carbocycles. The number of oxazole rings is 1. The number of fused-ring (bicyclic) bond motifs is 2. The Balaban J connectivity index is 1.48. The number of carbonyl (C=O) groups excluding carboxylic acids is 1. The van der Waals surface area contributed by atoms with E-state index in [0.29, 0.717) is 39.3 Å². The van der Waals surface area contributed by atoms with E-state index < -0.39 is 11.6 Å². The number of esters is 1. The van der Waals surface area contributed by atoms with Crippen molar-refractivity contribution in [2.45, 2.75) is 13.3 Å². The minimum absolute atomic E-state index is 0.0327. The molecular formula is C26H19NO6. The summed E-state index contributed by atoms with van der Waals surface area (Å²) in [6.45, 7) is 2.00. The fourth-order valence-electron chi connectivity index (χ4n) is 3.58. The summed E-state index contributed by atoms with van der Waals surface area (Å²) in [6, 6.07) is 21.6. The second-order valence-electron chi connectivity index (χ2n) is 7.35. The quantitative estimate of drug-likeness (QED) is 0.254. The largest absolute Gasteiger partial charge is 0.466 e. The van der Waals surface area contributed by atoms with Crippen LogP contribution in [0.5, 0.6) is 11.5 Å². The van der Waals surface area contributed by atoms with Crippen molar-refractivity contribution in [2.75, 3.05) is 6.61 Å². The molecule has 2 aromatic heterocycles. The highest BCUT2D eigenvalue weighted by molar-refractivity contribution is 5.95. The van der Waals surface area contributed by atoms with E-state index in [-0.39, 0.29) is 13.0 Å². The van der Waals surface area contributed by atoms with Gasteiger partial charge in [0.1, 0.15) is 22.6 Å². The Hall–Kier alpha value is -4.39. The molecule has 0 aliphatic rings. The lowest BCUT2D eigenvalue weighted by Gasteiger charge is -2.05. The van der Waals surface area contributed by atoms with E-state index in [1.807, 2.05) is 54.6 Å². The van der Waals surface area contributed by atoms with E-state index in [2.05, 4.69) is 4.98 Å². The first-order chi connectivity index (χ1) is 16.1. The normalized spacial score (nSPS) is 11.1. The molecule has 0 aliphatic carbocycles. The Morgan fingerprint density at radius 1 is 0.909 bits per heavy atom. The zero-order chi connectivity index (χ0) is 22.8. The van der Waals surface area contributed by atoms with Crippen molar-refractivity contribution in [2.24, 2.45) is 0 Å². The molecule has 0 atom stereocenters. The molecule has 0 radical (unpaired) electrons. The molecule has 0 amide bonds. The van der Waals surface area contributed by atoms with Crippen LogP contribution < -0.4 is 10.4 Å². The number of hydrogen-bond donors (Lipinski definition) is 0. The van der Waals surface area contributed by atoms with Gasteiger partial charge in [0.15, 0.2) is 5.58 Å². The number of aromatic nitrogens is 1. The van der Waals surface area contributed by atoms with E-state index in [0.717, 1.165) is 11.3 Å². The van der Waals surface area contributed by atoms with Gasteiger partial charge in [-0.3, -0.25) is 4.79 Å².